The highest BCUT2D eigenvalue weighted by atomic mass is 16.6. The minimum atomic E-state index is -0.479. The third kappa shape index (κ3) is 4.40. The fraction of sp³-hybridized carbons (Fsp3) is 0.688. The molecule has 1 unspecified atom stereocenters. The standard InChI is InChI=1S/C16H25N3O3/c1-5-16(21-11-13-17-8-6-9-18-13)7-10-19(12-16)14(20)22-15(2,3)4/h6,8-9H,5,7,10-12H2,1-4H3. The number of carbonyl (C=O) groups is 1. The first kappa shape index (κ1) is 16.7. The average molecular weight is 307 g/mol. The Morgan fingerprint density at radius 3 is 2.64 bits per heavy atom. The lowest BCUT2D eigenvalue weighted by atomic mass is 10.00. The summed E-state index contributed by atoms with van der Waals surface area (Å²) in [6.07, 6.45) is 4.76. The van der Waals surface area contributed by atoms with E-state index in [1.54, 1.807) is 23.4 Å². The molecule has 0 aromatic carbocycles. The summed E-state index contributed by atoms with van der Waals surface area (Å²) in [6, 6.07) is 1.78. The van der Waals surface area contributed by atoms with Crippen LogP contribution < -0.4 is 0 Å². The predicted molar refractivity (Wildman–Crippen MR) is 82.3 cm³/mol. The van der Waals surface area contributed by atoms with Crippen molar-refractivity contribution < 1.29 is 14.3 Å². The van der Waals surface area contributed by atoms with Crippen LogP contribution >= 0.6 is 0 Å². The van der Waals surface area contributed by atoms with Gasteiger partial charge < -0.3 is 14.4 Å². The van der Waals surface area contributed by atoms with Crippen LogP contribution in [0.2, 0.25) is 0 Å². The van der Waals surface area contributed by atoms with Gasteiger partial charge in [0.2, 0.25) is 0 Å². The summed E-state index contributed by atoms with van der Waals surface area (Å²) < 4.78 is 11.5. The second-order valence-corrected chi connectivity index (χ2v) is 6.64. The first-order valence-electron chi connectivity index (χ1n) is 7.71. The lowest BCUT2D eigenvalue weighted by molar-refractivity contribution is -0.0552. The Hall–Kier alpha value is -1.69. The number of likely N-dealkylation sites (tertiary alicyclic amines) is 1. The largest absolute Gasteiger partial charge is 0.444 e. The Morgan fingerprint density at radius 1 is 1.36 bits per heavy atom. The Bertz CT molecular complexity index is 501. The fourth-order valence-corrected chi connectivity index (χ4v) is 2.46. The quantitative estimate of drug-likeness (QED) is 0.856. The maximum Gasteiger partial charge on any atom is 0.410 e. The molecule has 1 aliphatic rings. The van der Waals surface area contributed by atoms with Crippen molar-refractivity contribution in [2.24, 2.45) is 0 Å². The number of amides is 1. The van der Waals surface area contributed by atoms with E-state index in [4.69, 9.17) is 9.47 Å². The predicted octanol–water partition coefficient (Wildman–Crippen LogP) is 2.78. The van der Waals surface area contributed by atoms with Gasteiger partial charge in [0.1, 0.15) is 12.2 Å². The smallest absolute Gasteiger partial charge is 0.410 e. The van der Waals surface area contributed by atoms with Gasteiger partial charge in [-0.15, -0.1) is 0 Å². The van der Waals surface area contributed by atoms with Crippen LogP contribution in [0.5, 0.6) is 0 Å². The van der Waals surface area contributed by atoms with Crippen molar-refractivity contribution in [3.63, 3.8) is 0 Å². The zero-order valence-corrected chi connectivity index (χ0v) is 13.8. The van der Waals surface area contributed by atoms with Crippen molar-refractivity contribution in [2.75, 3.05) is 13.1 Å². The molecule has 2 heterocycles. The molecule has 1 saturated heterocycles. The van der Waals surface area contributed by atoms with Gasteiger partial charge in [-0.1, -0.05) is 6.92 Å². The maximum absolute atomic E-state index is 12.2. The summed E-state index contributed by atoms with van der Waals surface area (Å²) in [5.74, 6) is 0.658. The summed E-state index contributed by atoms with van der Waals surface area (Å²) in [4.78, 5) is 22.2. The molecule has 0 spiro atoms. The fourth-order valence-electron chi connectivity index (χ4n) is 2.46. The molecule has 1 aromatic heterocycles. The molecule has 1 aromatic rings. The van der Waals surface area contributed by atoms with Gasteiger partial charge in [-0.05, 0) is 39.7 Å². The van der Waals surface area contributed by atoms with Gasteiger partial charge >= 0.3 is 6.09 Å². The molecule has 122 valence electrons. The van der Waals surface area contributed by atoms with Crippen LogP contribution in [0.15, 0.2) is 18.5 Å². The highest BCUT2D eigenvalue weighted by molar-refractivity contribution is 5.68. The molecule has 0 saturated carbocycles. The molecule has 0 radical (unpaired) electrons. The Kier molecular flexibility index (Phi) is 5.01. The van der Waals surface area contributed by atoms with E-state index in [0.717, 1.165) is 12.8 Å². The molecule has 2 rings (SSSR count). The highest BCUT2D eigenvalue weighted by Crippen LogP contribution is 2.30. The minimum absolute atomic E-state index is 0.276. The van der Waals surface area contributed by atoms with E-state index in [1.165, 1.54) is 0 Å². The average Bonchev–Trinajstić information content (AvgIpc) is 2.90. The Balaban J connectivity index is 1.93. The van der Waals surface area contributed by atoms with Crippen molar-refractivity contribution in [1.29, 1.82) is 0 Å². The molecule has 6 nitrogen and oxygen atoms in total. The molecular formula is C16H25N3O3. The van der Waals surface area contributed by atoms with Crippen molar-refractivity contribution in [1.82, 2.24) is 14.9 Å². The number of carbonyl (C=O) groups excluding carboxylic acids is 1. The van der Waals surface area contributed by atoms with Crippen molar-refractivity contribution in [2.45, 2.75) is 58.3 Å². The van der Waals surface area contributed by atoms with Crippen molar-refractivity contribution in [3.8, 4) is 0 Å². The lowest BCUT2D eigenvalue weighted by Gasteiger charge is -2.29. The second kappa shape index (κ2) is 6.60. The van der Waals surface area contributed by atoms with Gasteiger partial charge in [-0.2, -0.15) is 0 Å². The molecule has 0 bridgehead atoms. The monoisotopic (exact) mass is 307 g/mol. The summed E-state index contributed by atoms with van der Waals surface area (Å²) in [6.45, 7) is 9.25. The number of nitrogens with zero attached hydrogens (tertiary/aromatic N) is 3. The van der Waals surface area contributed by atoms with Gasteiger partial charge in [0.25, 0.3) is 0 Å². The minimum Gasteiger partial charge on any atom is -0.444 e. The van der Waals surface area contributed by atoms with Crippen LogP contribution in [0.4, 0.5) is 4.79 Å². The number of ether oxygens (including phenoxy) is 2. The molecule has 22 heavy (non-hydrogen) atoms. The van der Waals surface area contributed by atoms with E-state index in [2.05, 4.69) is 16.9 Å². The number of hydrogen-bond donors (Lipinski definition) is 0. The second-order valence-electron chi connectivity index (χ2n) is 6.64. The van der Waals surface area contributed by atoms with E-state index in [-0.39, 0.29) is 11.7 Å². The molecule has 1 atom stereocenters. The third-order valence-corrected chi connectivity index (χ3v) is 3.74. The molecular weight excluding hydrogens is 282 g/mol. The van der Waals surface area contributed by atoms with E-state index >= 15 is 0 Å². The highest BCUT2D eigenvalue weighted by Gasteiger charge is 2.41. The van der Waals surface area contributed by atoms with Crippen LogP contribution in [0.1, 0.15) is 46.4 Å². The van der Waals surface area contributed by atoms with E-state index in [1.807, 2.05) is 20.8 Å². The van der Waals surface area contributed by atoms with Crippen LogP contribution in [-0.4, -0.2) is 45.3 Å². The first-order valence-corrected chi connectivity index (χ1v) is 7.71. The van der Waals surface area contributed by atoms with E-state index < -0.39 is 5.60 Å². The number of hydrogen-bond acceptors (Lipinski definition) is 5. The zero-order chi connectivity index (χ0) is 16.2. The third-order valence-electron chi connectivity index (χ3n) is 3.74. The Labute approximate surface area is 131 Å². The van der Waals surface area contributed by atoms with Crippen molar-refractivity contribution in [3.05, 3.63) is 24.3 Å². The zero-order valence-electron chi connectivity index (χ0n) is 13.8. The normalized spacial score (nSPS) is 21.9. The SMILES string of the molecule is CCC1(OCc2ncccn2)CCN(C(=O)OC(C)(C)C)C1. The Morgan fingerprint density at radius 2 is 2.05 bits per heavy atom. The number of aromatic nitrogens is 2. The summed E-state index contributed by atoms with van der Waals surface area (Å²) in [5.41, 5.74) is -0.816. The molecule has 0 N–H and O–H groups in total. The lowest BCUT2D eigenvalue weighted by Crippen LogP contribution is -2.40. The molecule has 0 aliphatic carbocycles. The van der Waals surface area contributed by atoms with Gasteiger partial charge in [-0.3, -0.25) is 0 Å². The van der Waals surface area contributed by atoms with E-state index in [9.17, 15) is 4.79 Å². The van der Waals surface area contributed by atoms with Crippen LogP contribution in [0.3, 0.4) is 0 Å². The summed E-state index contributed by atoms with van der Waals surface area (Å²) in [5, 5.41) is 0. The topological polar surface area (TPSA) is 64.6 Å². The van der Waals surface area contributed by atoms with Crippen molar-refractivity contribution >= 4 is 6.09 Å². The van der Waals surface area contributed by atoms with Gasteiger partial charge in [-0.25, -0.2) is 14.8 Å². The van der Waals surface area contributed by atoms with Gasteiger partial charge in [0, 0.05) is 18.9 Å². The molecule has 1 aliphatic heterocycles. The van der Waals surface area contributed by atoms with Crippen LogP contribution in [0, 0.1) is 0 Å². The number of rotatable bonds is 4. The summed E-state index contributed by atoms with van der Waals surface area (Å²) in [7, 11) is 0. The van der Waals surface area contributed by atoms with Crippen LogP contribution in [-0.2, 0) is 16.1 Å². The summed E-state index contributed by atoms with van der Waals surface area (Å²) >= 11 is 0. The molecule has 1 fully saturated rings. The first-order chi connectivity index (χ1) is 10.3. The van der Waals surface area contributed by atoms with Crippen LogP contribution in [0.25, 0.3) is 0 Å². The maximum atomic E-state index is 12.2. The van der Waals surface area contributed by atoms with Gasteiger partial charge in [0.05, 0.1) is 12.1 Å². The molecule has 6 heteroatoms. The molecule has 1 amide bonds. The van der Waals surface area contributed by atoms with Gasteiger partial charge in [0.15, 0.2) is 5.82 Å². The van der Waals surface area contributed by atoms with E-state index in [0.29, 0.717) is 25.5 Å².